The number of hydrogen-bond donors (Lipinski definition) is 3. The molecule has 0 spiro atoms. The van der Waals surface area contributed by atoms with Gasteiger partial charge in [-0.05, 0) is 37.5 Å². The fourth-order valence-corrected chi connectivity index (χ4v) is 2.09. The van der Waals surface area contributed by atoms with Gasteiger partial charge < -0.3 is 26.0 Å². The fraction of sp³-hybridized carbons (Fsp3) is 0.500. The van der Waals surface area contributed by atoms with Crippen molar-refractivity contribution >= 4 is 23.7 Å². The van der Waals surface area contributed by atoms with Gasteiger partial charge in [-0.15, -0.1) is 0 Å². The van der Waals surface area contributed by atoms with Crippen LogP contribution in [0.5, 0.6) is 0 Å². The lowest BCUT2D eigenvalue weighted by molar-refractivity contribution is -0.119. The van der Waals surface area contributed by atoms with Gasteiger partial charge >= 0.3 is 12.1 Å². The lowest BCUT2D eigenvalue weighted by Crippen LogP contribution is -2.30. The second-order valence-electron chi connectivity index (χ2n) is 6.09. The Bertz CT molecular complexity index is 604. The van der Waals surface area contributed by atoms with Crippen molar-refractivity contribution in [1.29, 1.82) is 0 Å². The number of rotatable bonds is 9. The van der Waals surface area contributed by atoms with Crippen molar-refractivity contribution in [3.05, 3.63) is 29.8 Å². The highest BCUT2D eigenvalue weighted by atomic mass is 16.6. The van der Waals surface area contributed by atoms with Crippen LogP contribution >= 0.6 is 0 Å². The molecular formula is C18H28N4O4. The smallest absolute Gasteiger partial charge is 0.409 e. The van der Waals surface area contributed by atoms with Crippen LogP contribution in [0, 0.1) is 5.92 Å². The number of carbonyl (C=O) groups excluding carboxylic acids is 3. The monoisotopic (exact) mass is 364 g/mol. The Morgan fingerprint density at radius 3 is 2.46 bits per heavy atom. The van der Waals surface area contributed by atoms with Gasteiger partial charge in [0.2, 0.25) is 5.91 Å². The van der Waals surface area contributed by atoms with E-state index < -0.39 is 6.03 Å². The Hall–Kier alpha value is -2.77. The number of primary amides is 1. The summed E-state index contributed by atoms with van der Waals surface area (Å²) in [5.74, 6) is -0.275. The highest BCUT2D eigenvalue weighted by Gasteiger charge is 2.13. The van der Waals surface area contributed by atoms with Gasteiger partial charge in [0.05, 0.1) is 0 Å². The van der Waals surface area contributed by atoms with E-state index in [2.05, 4.69) is 10.6 Å². The molecule has 1 aromatic rings. The number of carbonyl (C=O) groups is 3. The van der Waals surface area contributed by atoms with Crippen LogP contribution in [-0.2, 0) is 16.1 Å². The zero-order valence-electron chi connectivity index (χ0n) is 15.6. The van der Waals surface area contributed by atoms with E-state index in [9.17, 15) is 14.4 Å². The maximum atomic E-state index is 12.2. The molecule has 0 aliphatic carbocycles. The zero-order chi connectivity index (χ0) is 19.5. The highest BCUT2D eigenvalue weighted by Crippen LogP contribution is 2.14. The van der Waals surface area contributed by atoms with Crippen LogP contribution in [0.25, 0.3) is 0 Å². The molecule has 0 radical (unpaired) electrons. The molecule has 0 aromatic heterocycles. The van der Waals surface area contributed by atoms with Gasteiger partial charge in [0.15, 0.2) is 0 Å². The van der Waals surface area contributed by atoms with Crippen LogP contribution in [0.4, 0.5) is 15.3 Å². The van der Waals surface area contributed by atoms with E-state index in [-0.39, 0.29) is 24.5 Å². The van der Waals surface area contributed by atoms with Crippen molar-refractivity contribution < 1.29 is 19.1 Å². The predicted molar refractivity (Wildman–Crippen MR) is 99.5 cm³/mol. The molecule has 0 bridgehead atoms. The number of amides is 4. The summed E-state index contributed by atoms with van der Waals surface area (Å²) < 4.78 is 5.17. The minimum absolute atomic E-state index is 0.0900. The van der Waals surface area contributed by atoms with Gasteiger partial charge in [0, 0.05) is 31.7 Å². The molecule has 1 atom stereocenters. The molecule has 0 saturated heterocycles. The summed E-state index contributed by atoms with van der Waals surface area (Å²) in [5, 5.41) is 5.34. The molecule has 8 nitrogen and oxygen atoms in total. The number of anilines is 1. The van der Waals surface area contributed by atoms with Gasteiger partial charge in [0.25, 0.3) is 0 Å². The van der Waals surface area contributed by atoms with Gasteiger partial charge in [-0.2, -0.15) is 0 Å². The van der Waals surface area contributed by atoms with E-state index in [1.54, 1.807) is 31.3 Å². The third-order valence-electron chi connectivity index (χ3n) is 3.93. The molecule has 4 N–H and O–H groups in total. The Balaban J connectivity index is 2.39. The molecule has 0 fully saturated rings. The maximum Gasteiger partial charge on any atom is 0.409 e. The average Bonchev–Trinajstić information content (AvgIpc) is 2.63. The summed E-state index contributed by atoms with van der Waals surface area (Å²) in [5.41, 5.74) is 6.50. The van der Waals surface area contributed by atoms with Crippen LogP contribution < -0.4 is 16.4 Å². The van der Waals surface area contributed by atoms with Crippen molar-refractivity contribution in [3.8, 4) is 0 Å². The first-order valence-corrected chi connectivity index (χ1v) is 8.64. The minimum Gasteiger partial charge on any atom is -0.445 e. The first-order valence-electron chi connectivity index (χ1n) is 8.64. The van der Waals surface area contributed by atoms with E-state index in [0.717, 1.165) is 5.56 Å². The van der Waals surface area contributed by atoms with Gasteiger partial charge in [-0.25, -0.2) is 9.59 Å². The maximum absolute atomic E-state index is 12.2. The Labute approximate surface area is 154 Å². The van der Waals surface area contributed by atoms with Crippen LogP contribution in [0.1, 0.15) is 32.3 Å². The third kappa shape index (κ3) is 7.87. The first-order chi connectivity index (χ1) is 12.3. The standard InChI is InChI=1S/C18H28N4O4/c1-4-22(3)18(25)26-12-14-7-9-15(10-8-14)21-16(23)13(2)6-5-11-20-17(19)24/h7-10,13H,4-6,11-12H2,1-3H3,(H,21,23)(H3,19,20,24)/t13-/m0/s1. The largest absolute Gasteiger partial charge is 0.445 e. The predicted octanol–water partition coefficient (Wildman–Crippen LogP) is 2.30. The van der Waals surface area contributed by atoms with Gasteiger partial charge in [0.1, 0.15) is 6.61 Å². The molecule has 0 unspecified atom stereocenters. The average molecular weight is 364 g/mol. The highest BCUT2D eigenvalue weighted by molar-refractivity contribution is 5.92. The second kappa shape index (κ2) is 11.0. The Kier molecular flexibility index (Phi) is 8.97. The van der Waals surface area contributed by atoms with Crippen LogP contribution in [-0.4, -0.2) is 43.1 Å². The summed E-state index contributed by atoms with van der Waals surface area (Å²) >= 11 is 0. The summed E-state index contributed by atoms with van der Waals surface area (Å²) in [7, 11) is 1.67. The number of urea groups is 1. The Morgan fingerprint density at radius 1 is 1.23 bits per heavy atom. The lowest BCUT2D eigenvalue weighted by atomic mass is 10.0. The SMILES string of the molecule is CCN(C)C(=O)OCc1ccc(NC(=O)[C@@H](C)CCCNC(N)=O)cc1. The first kappa shape index (κ1) is 21.3. The number of ether oxygens (including phenoxy) is 1. The molecule has 4 amide bonds. The third-order valence-corrected chi connectivity index (χ3v) is 3.93. The van der Waals surface area contributed by atoms with Crippen molar-refractivity contribution in [2.24, 2.45) is 11.7 Å². The lowest BCUT2D eigenvalue weighted by Gasteiger charge is -2.15. The van der Waals surface area contributed by atoms with Crippen LogP contribution in [0.3, 0.4) is 0 Å². The quantitative estimate of drug-likeness (QED) is 0.583. The van der Waals surface area contributed by atoms with E-state index in [1.165, 1.54) is 4.90 Å². The zero-order valence-corrected chi connectivity index (χ0v) is 15.6. The molecule has 1 aromatic carbocycles. The van der Waals surface area contributed by atoms with E-state index in [1.807, 2.05) is 13.8 Å². The molecular weight excluding hydrogens is 336 g/mol. The molecule has 144 valence electrons. The minimum atomic E-state index is -0.561. The van der Waals surface area contributed by atoms with Crippen molar-refractivity contribution in [2.75, 3.05) is 25.5 Å². The van der Waals surface area contributed by atoms with Crippen molar-refractivity contribution in [1.82, 2.24) is 10.2 Å². The number of benzene rings is 1. The van der Waals surface area contributed by atoms with E-state index >= 15 is 0 Å². The summed E-state index contributed by atoms with van der Waals surface area (Å²) in [4.78, 5) is 35.8. The molecule has 8 heteroatoms. The van der Waals surface area contributed by atoms with Gasteiger partial charge in [-0.3, -0.25) is 4.79 Å². The van der Waals surface area contributed by atoms with Crippen molar-refractivity contribution in [3.63, 3.8) is 0 Å². The molecule has 0 aliphatic heterocycles. The van der Waals surface area contributed by atoms with E-state index in [0.29, 0.717) is 31.6 Å². The number of nitrogens with one attached hydrogen (secondary N) is 2. The number of hydrogen-bond acceptors (Lipinski definition) is 4. The molecule has 0 aliphatic rings. The molecule has 0 saturated carbocycles. The summed E-state index contributed by atoms with van der Waals surface area (Å²) in [6.45, 7) is 4.92. The topological polar surface area (TPSA) is 114 Å². The number of nitrogens with two attached hydrogens (primary N) is 1. The number of nitrogens with zero attached hydrogens (tertiary/aromatic N) is 1. The normalized spacial score (nSPS) is 11.3. The molecule has 26 heavy (non-hydrogen) atoms. The van der Waals surface area contributed by atoms with E-state index in [4.69, 9.17) is 10.5 Å². The van der Waals surface area contributed by atoms with Crippen LogP contribution in [0.2, 0.25) is 0 Å². The second-order valence-corrected chi connectivity index (χ2v) is 6.09. The van der Waals surface area contributed by atoms with Crippen molar-refractivity contribution in [2.45, 2.75) is 33.3 Å². The molecule has 1 rings (SSSR count). The van der Waals surface area contributed by atoms with Crippen LogP contribution in [0.15, 0.2) is 24.3 Å². The van der Waals surface area contributed by atoms with Gasteiger partial charge in [-0.1, -0.05) is 19.1 Å². The summed E-state index contributed by atoms with van der Waals surface area (Å²) in [6.07, 6.45) is 0.948. The molecule has 0 heterocycles. The fourth-order valence-electron chi connectivity index (χ4n) is 2.09. The Morgan fingerprint density at radius 2 is 1.88 bits per heavy atom. The summed E-state index contributed by atoms with van der Waals surface area (Å²) in [6, 6.07) is 6.58.